The van der Waals surface area contributed by atoms with Crippen LogP contribution in [0.1, 0.15) is 24.1 Å². The quantitative estimate of drug-likeness (QED) is 0.855. The van der Waals surface area contributed by atoms with Crippen molar-refractivity contribution in [3.63, 3.8) is 0 Å². The summed E-state index contributed by atoms with van der Waals surface area (Å²) in [4.78, 5) is 12.0. The van der Waals surface area contributed by atoms with Gasteiger partial charge in [-0.1, -0.05) is 24.3 Å². The summed E-state index contributed by atoms with van der Waals surface area (Å²) < 4.78 is 48.3. The first kappa shape index (κ1) is 18.6. The summed E-state index contributed by atoms with van der Waals surface area (Å²) in [5, 5.41) is 2.72. The van der Waals surface area contributed by atoms with Crippen molar-refractivity contribution >= 4 is 5.91 Å². The first-order chi connectivity index (χ1) is 11.8. The number of methoxy groups -OCH3 is 1. The van der Waals surface area contributed by atoms with Crippen molar-refractivity contribution in [3.05, 3.63) is 59.7 Å². The largest absolute Gasteiger partial charge is 0.496 e. The molecule has 0 unspecified atom stereocenters. The molecule has 2 aromatic rings. The third kappa shape index (κ3) is 5.14. The molecule has 2 rings (SSSR count). The Morgan fingerprint density at radius 3 is 2.56 bits per heavy atom. The van der Waals surface area contributed by atoms with Crippen molar-refractivity contribution in [1.82, 2.24) is 5.32 Å². The summed E-state index contributed by atoms with van der Waals surface area (Å²) >= 11 is 0. The van der Waals surface area contributed by atoms with Crippen LogP contribution in [0.15, 0.2) is 48.5 Å². The summed E-state index contributed by atoms with van der Waals surface area (Å²) in [7, 11) is 1.53. The predicted molar refractivity (Wildman–Crippen MR) is 86.5 cm³/mol. The normalized spacial score (nSPS) is 12.4. The monoisotopic (exact) mass is 353 g/mol. The molecule has 0 heterocycles. The third-order valence-corrected chi connectivity index (χ3v) is 3.51. The van der Waals surface area contributed by atoms with Crippen LogP contribution in [0.4, 0.5) is 13.2 Å². The van der Waals surface area contributed by atoms with Crippen molar-refractivity contribution in [2.45, 2.75) is 19.1 Å². The zero-order chi connectivity index (χ0) is 18.4. The fourth-order valence-corrected chi connectivity index (χ4v) is 2.30. The number of carbonyl (C=O) groups excluding carboxylic acids is 1. The van der Waals surface area contributed by atoms with E-state index in [9.17, 15) is 18.0 Å². The van der Waals surface area contributed by atoms with Gasteiger partial charge in [0, 0.05) is 5.56 Å². The molecule has 0 spiro atoms. The molecule has 0 aromatic heterocycles. The van der Waals surface area contributed by atoms with Gasteiger partial charge in [-0.15, -0.1) is 0 Å². The molecular weight excluding hydrogens is 335 g/mol. The highest BCUT2D eigenvalue weighted by molar-refractivity contribution is 5.78. The molecule has 0 saturated carbocycles. The lowest BCUT2D eigenvalue weighted by Crippen LogP contribution is -2.31. The van der Waals surface area contributed by atoms with Crippen LogP contribution in [0.2, 0.25) is 0 Å². The van der Waals surface area contributed by atoms with Gasteiger partial charge >= 0.3 is 6.18 Å². The number of hydrogen-bond donors (Lipinski definition) is 1. The Balaban J connectivity index is 1.95. The van der Waals surface area contributed by atoms with Gasteiger partial charge in [0.05, 0.1) is 18.7 Å². The topological polar surface area (TPSA) is 47.6 Å². The van der Waals surface area contributed by atoms with E-state index in [1.54, 1.807) is 13.0 Å². The maximum Gasteiger partial charge on any atom is 0.416 e. The van der Waals surface area contributed by atoms with Gasteiger partial charge in [0.15, 0.2) is 6.61 Å². The number of benzene rings is 2. The lowest BCUT2D eigenvalue weighted by Gasteiger charge is -2.17. The summed E-state index contributed by atoms with van der Waals surface area (Å²) in [6.45, 7) is 1.39. The molecule has 0 saturated heterocycles. The van der Waals surface area contributed by atoms with Gasteiger partial charge in [-0.2, -0.15) is 13.2 Å². The maximum atomic E-state index is 12.7. The second kappa shape index (κ2) is 7.92. The van der Waals surface area contributed by atoms with E-state index in [1.807, 2.05) is 18.2 Å². The molecule has 4 nitrogen and oxygen atoms in total. The van der Waals surface area contributed by atoms with Crippen molar-refractivity contribution < 1.29 is 27.4 Å². The highest BCUT2D eigenvalue weighted by Crippen LogP contribution is 2.31. The number of amides is 1. The Morgan fingerprint density at radius 2 is 1.88 bits per heavy atom. The fraction of sp³-hybridized carbons (Fsp3) is 0.278. The van der Waals surface area contributed by atoms with Gasteiger partial charge in [-0.3, -0.25) is 4.79 Å². The van der Waals surface area contributed by atoms with E-state index < -0.39 is 17.6 Å². The maximum absolute atomic E-state index is 12.7. The van der Waals surface area contributed by atoms with Crippen LogP contribution in [-0.4, -0.2) is 19.6 Å². The SMILES string of the molecule is COc1ccccc1[C@H](C)NC(=O)COc1cccc(C(F)(F)F)c1. The predicted octanol–water partition coefficient (Wildman–Crippen LogP) is 3.97. The van der Waals surface area contributed by atoms with Crippen LogP contribution in [0.3, 0.4) is 0 Å². The molecule has 1 N–H and O–H groups in total. The molecule has 25 heavy (non-hydrogen) atoms. The molecule has 0 bridgehead atoms. The van der Waals surface area contributed by atoms with Crippen LogP contribution in [0.5, 0.6) is 11.5 Å². The molecule has 7 heteroatoms. The van der Waals surface area contributed by atoms with E-state index >= 15 is 0 Å². The molecule has 0 aliphatic rings. The second-order valence-electron chi connectivity index (χ2n) is 5.35. The van der Waals surface area contributed by atoms with Crippen molar-refractivity contribution in [2.75, 3.05) is 13.7 Å². The van der Waals surface area contributed by atoms with E-state index in [0.717, 1.165) is 17.7 Å². The van der Waals surface area contributed by atoms with Crippen molar-refractivity contribution in [2.24, 2.45) is 0 Å². The average Bonchev–Trinajstić information content (AvgIpc) is 2.59. The van der Waals surface area contributed by atoms with Crippen LogP contribution in [-0.2, 0) is 11.0 Å². The fourth-order valence-electron chi connectivity index (χ4n) is 2.30. The minimum atomic E-state index is -4.46. The van der Waals surface area contributed by atoms with Gasteiger partial charge in [0.25, 0.3) is 5.91 Å². The zero-order valence-corrected chi connectivity index (χ0v) is 13.8. The van der Waals surface area contributed by atoms with Gasteiger partial charge in [-0.05, 0) is 31.2 Å². The molecule has 0 radical (unpaired) electrons. The molecule has 1 atom stereocenters. The zero-order valence-electron chi connectivity index (χ0n) is 13.8. The smallest absolute Gasteiger partial charge is 0.416 e. The van der Waals surface area contributed by atoms with E-state index in [4.69, 9.17) is 9.47 Å². The van der Waals surface area contributed by atoms with Gasteiger partial charge < -0.3 is 14.8 Å². The lowest BCUT2D eigenvalue weighted by molar-refractivity contribution is -0.137. The van der Waals surface area contributed by atoms with Crippen molar-refractivity contribution in [3.8, 4) is 11.5 Å². The number of carbonyl (C=O) groups is 1. The summed E-state index contributed by atoms with van der Waals surface area (Å²) in [5.74, 6) is 0.167. The van der Waals surface area contributed by atoms with Crippen LogP contribution in [0.25, 0.3) is 0 Å². The average molecular weight is 353 g/mol. The molecule has 0 fully saturated rings. The Morgan fingerprint density at radius 1 is 1.16 bits per heavy atom. The van der Waals surface area contributed by atoms with Gasteiger partial charge in [0.1, 0.15) is 11.5 Å². The molecule has 0 aliphatic heterocycles. The number of para-hydroxylation sites is 1. The second-order valence-corrected chi connectivity index (χ2v) is 5.35. The summed E-state index contributed by atoms with van der Waals surface area (Å²) in [6.07, 6.45) is -4.46. The molecular formula is C18H18F3NO3. The molecule has 2 aromatic carbocycles. The number of hydrogen-bond acceptors (Lipinski definition) is 3. The lowest BCUT2D eigenvalue weighted by atomic mass is 10.1. The number of rotatable bonds is 6. The molecule has 134 valence electrons. The number of ether oxygens (including phenoxy) is 2. The molecule has 0 aliphatic carbocycles. The van der Waals surface area contributed by atoms with Crippen LogP contribution >= 0.6 is 0 Å². The minimum Gasteiger partial charge on any atom is -0.496 e. The standard InChI is InChI=1S/C18H18F3NO3/c1-12(15-8-3-4-9-16(15)24-2)22-17(23)11-25-14-7-5-6-13(10-14)18(19,20)21/h3-10,12H,11H2,1-2H3,(H,22,23)/t12-/m0/s1. The Bertz CT molecular complexity index is 732. The van der Waals surface area contributed by atoms with E-state index in [1.165, 1.54) is 19.2 Å². The molecule has 1 amide bonds. The summed E-state index contributed by atoms with van der Waals surface area (Å²) in [6, 6.07) is 11.3. The van der Waals surface area contributed by atoms with Gasteiger partial charge in [0.2, 0.25) is 0 Å². The Hall–Kier alpha value is -2.70. The van der Waals surface area contributed by atoms with E-state index in [0.29, 0.717) is 5.75 Å². The van der Waals surface area contributed by atoms with Crippen LogP contribution in [0, 0.1) is 0 Å². The highest BCUT2D eigenvalue weighted by atomic mass is 19.4. The Labute approximate surface area is 143 Å². The first-order valence-electron chi connectivity index (χ1n) is 7.53. The number of halogens is 3. The van der Waals surface area contributed by atoms with Gasteiger partial charge in [-0.25, -0.2) is 0 Å². The minimum absolute atomic E-state index is 0.0186. The highest BCUT2D eigenvalue weighted by Gasteiger charge is 2.30. The van der Waals surface area contributed by atoms with Crippen molar-refractivity contribution in [1.29, 1.82) is 0 Å². The first-order valence-corrected chi connectivity index (χ1v) is 7.53. The van der Waals surface area contributed by atoms with E-state index in [-0.39, 0.29) is 18.4 Å². The van der Waals surface area contributed by atoms with E-state index in [2.05, 4.69) is 5.32 Å². The summed E-state index contributed by atoms with van der Waals surface area (Å²) in [5.41, 5.74) is -0.0368. The van der Waals surface area contributed by atoms with Crippen LogP contribution < -0.4 is 14.8 Å². The number of nitrogens with one attached hydrogen (secondary N) is 1. The number of alkyl halides is 3. The third-order valence-electron chi connectivity index (χ3n) is 3.51. The Kier molecular flexibility index (Phi) is 5.90.